The van der Waals surface area contributed by atoms with Gasteiger partial charge in [-0.05, 0) is 53.4 Å². The van der Waals surface area contributed by atoms with E-state index in [-0.39, 0.29) is 11.8 Å². The van der Waals surface area contributed by atoms with Gasteiger partial charge in [0, 0.05) is 36.2 Å². The molecule has 2 heterocycles. The zero-order valence-electron chi connectivity index (χ0n) is 16.3. The van der Waals surface area contributed by atoms with Gasteiger partial charge in [-0.3, -0.25) is 9.59 Å². The average Bonchev–Trinajstić information content (AvgIpc) is 3.33. The van der Waals surface area contributed by atoms with Gasteiger partial charge in [0.15, 0.2) is 0 Å². The maximum Gasteiger partial charge on any atom is 0.264 e. The highest BCUT2D eigenvalue weighted by Gasteiger charge is 2.25. The van der Waals surface area contributed by atoms with Crippen LogP contribution in [0.4, 0.5) is 0 Å². The minimum absolute atomic E-state index is 0.00130. The van der Waals surface area contributed by atoms with Gasteiger partial charge >= 0.3 is 0 Å². The summed E-state index contributed by atoms with van der Waals surface area (Å²) in [6.07, 6.45) is 0. The van der Waals surface area contributed by atoms with Crippen LogP contribution in [0.3, 0.4) is 0 Å². The molecule has 1 aliphatic rings. The minimum atomic E-state index is -0.00130. The standard InChI is InChI=1S/C23H21BrN2O3S/c24-19-7-9-20(10-8-19)29-16-17-3-5-18(6-4-17)22(27)25-11-13-26(14-12-25)23(28)21-2-1-15-30-21/h1-10,15H,11-14,16H2. The van der Waals surface area contributed by atoms with Crippen LogP contribution in [0.1, 0.15) is 25.6 Å². The zero-order chi connectivity index (χ0) is 20.9. The smallest absolute Gasteiger partial charge is 0.264 e. The highest BCUT2D eigenvalue weighted by molar-refractivity contribution is 9.10. The van der Waals surface area contributed by atoms with Crippen molar-refractivity contribution >= 4 is 39.1 Å². The van der Waals surface area contributed by atoms with Gasteiger partial charge in [-0.2, -0.15) is 0 Å². The van der Waals surface area contributed by atoms with E-state index in [1.807, 2.05) is 75.8 Å². The summed E-state index contributed by atoms with van der Waals surface area (Å²) in [6.45, 7) is 2.65. The van der Waals surface area contributed by atoms with Gasteiger partial charge in [0.1, 0.15) is 12.4 Å². The van der Waals surface area contributed by atoms with Crippen molar-refractivity contribution in [2.75, 3.05) is 26.2 Å². The molecule has 1 aromatic heterocycles. The van der Waals surface area contributed by atoms with Crippen molar-refractivity contribution in [1.29, 1.82) is 0 Å². The maximum atomic E-state index is 12.8. The third-order valence-corrected chi connectivity index (χ3v) is 6.39. The van der Waals surface area contributed by atoms with E-state index in [9.17, 15) is 9.59 Å². The van der Waals surface area contributed by atoms with E-state index in [1.54, 1.807) is 0 Å². The Hall–Kier alpha value is -2.64. The molecule has 0 atom stereocenters. The van der Waals surface area contributed by atoms with Crippen LogP contribution in [0.25, 0.3) is 0 Å². The summed E-state index contributed by atoms with van der Waals surface area (Å²) in [5.74, 6) is 0.846. The Morgan fingerprint density at radius 2 is 1.50 bits per heavy atom. The van der Waals surface area contributed by atoms with Gasteiger partial charge in [-0.15, -0.1) is 11.3 Å². The minimum Gasteiger partial charge on any atom is -0.489 e. The molecule has 4 rings (SSSR count). The maximum absolute atomic E-state index is 12.8. The van der Waals surface area contributed by atoms with E-state index < -0.39 is 0 Å². The molecule has 0 N–H and O–H groups in total. The van der Waals surface area contributed by atoms with E-state index in [1.165, 1.54) is 11.3 Å². The number of ether oxygens (including phenoxy) is 1. The molecule has 0 bridgehead atoms. The lowest BCUT2D eigenvalue weighted by molar-refractivity contribution is 0.0538. The van der Waals surface area contributed by atoms with E-state index in [2.05, 4.69) is 15.9 Å². The second-order valence-electron chi connectivity index (χ2n) is 7.00. The number of nitrogens with zero attached hydrogens (tertiary/aromatic N) is 2. The molecule has 0 aliphatic carbocycles. The Morgan fingerprint density at radius 1 is 0.867 bits per heavy atom. The van der Waals surface area contributed by atoms with Crippen molar-refractivity contribution in [3.63, 3.8) is 0 Å². The summed E-state index contributed by atoms with van der Waals surface area (Å²) < 4.78 is 6.78. The molecule has 1 fully saturated rings. The molecule has 0 radical (unpaired) electrons. The molecule has 1 saturated heterocycles. The first-order valence-electron chi connectivity index (χ1n) is 9.69. The van der Waals surface area contributed by atoms with E-state index in [0.29, 0.717) is 38.3 Å². The number of hydrogen-bond acceptors (Lipinski definition) is 4. The van der Waals surface area contributed by atoms with Crippen LogP contribution in [0.2, 0.25) is 0 Å². The van der Waals surface area contributed by atoms with Crippen molar-refractivity contribution in [2.24, 2.45) is 0 Å². The number of carbonyl (C=O) groups is 2. The van der Waals surface area contributed by atoms with Crippen LogP contribution < -0.4 is 4.74 Å². The quantitative estimate of drug-likeness (QED) is 0.527. The van der Waals surface area contributed by atoms with Crippen molar-refractivity contribution in [3.8, 4) is 5.75 Å². The molecule has 5 nitrogen and oxygen atoms in total. The Kier molecular flexibility index (Phi) is 6.50. The third-order valence-electron chi connectivity index (χ3n) is 5.01. The monoisotopic (exact) mass is 484 g/mol. The predicted octanol–water partition coefficient (Wildman–Crippen LogP) is 4.69. The lowest BCUT2D eigenvalue weighted by Gasteiger charge is -2.34. The van der Waals surface area contributed by atoms with Crippen LogP contribution in [0, 0.1) is 0 Å². The number of amides is 2. The molecular formula is C23H21BrN2O3S. The summed E-state index contributed by atoms with van der Waals surface area (Å²) in [5, 5.41) is 1.90. The first-order valence-corrected chi connectivity index (χ1v) is 11.4. The van der Waals surface area contributed by atoms with Crippen molar-refractivity contribution in [3.05, 3.63) is 86.5 Å². The van der Waals surface area contributed by atoms with Gasteiger partial charge in [-0.1, -0.05) is 34.1 Å². The molecule has 0 spiro atoms. The topological polar surface area (TPSA) is 49.9 Å². The largest absolute Gasteiger partial charge is 0.489 e. The van der Waals surface area contributed by atoms with Crippen LogP contribution in [0.5, 0.6) is 5.75 Å². The average molecular weight is 485 g/mol. The number of rotatable bonds is 5. The Morgan fingerprint density at radius 3 is 2.10 bits per heavy atom. The number of halogens is 1. The fourth-order valence-corrected chi connectivity index (χ4v) is 4.25. The molecule has 2 amide bonds. The van der Waals surface area contributed by atoms with Crippen LogP contribution in [0.15, 0.2) is 70.5 Å². The Bertz CT molecular complexity index is 996. The highest BCUT2D eigenvalue weighted by Crippen LogP contribution is 2.18. The molecular weight excluding hydrogens is 464 g/mol. The van der Waals surface area contributed by atoms with Crippen LogP contribution >= 0.6 is 27.3 Å². The lowest BCUT2D eigenvalue weighted by atomic mass is 10.1. The van der Waals surface area contributed by atoms with E-state index in [4.69, 9.17) is 4.74 Å². The SMILES string of the molecule is O=C(c1ccc(COc2ccc(Br)cc2)cc1)N1CCN(C(=O)c2cccs2)CC1. The first-order chi connectivity index (χ1) is 14.6. The van der Waals surface area contributed by atoms with E-state index >= 15 is 0 Å². The molecule has 7 heteroatoms. The summed E-state index contributed by atoms with van der Waals surface area (Å²) in [4.78, 5) is 29.6. The highest BCUT2D eigenvalue weighted by atomic mass is 79.9. The van der Waals surface area contributed by atoms with E-state index in [0.717, 1.165) is 20.7 Å². The van der Waals surface area contributed by atoms with Crippen molar-refractivity contribution in [1.82, 2.24) is 9.80 Å². The second-order valence-corrected chi connectivity index (χ2v) is 8.86. The number of hydrogen-bond donors (Lipinski definition) is 0. The number of thiophene rings is 1. The summed E-state index contributed by atoms with van der Waals surface area (Å²) in [6, 6.07) is 18.9. The molecule has 2 aromatic carbocycles. The van der Waals surface area contributed by atoms with Gasteiger partial charge in [0.2, 0.25) is 0 Å². The number of piperazine rings is 1. The molecule has 3 aromatic rings. The van der Waals surface area contributed by atoms with Crippen LogP contribution in [-0.2, 0) is 6.61 Å². The molecule has 0 saturated carbocycles. The second kappa shape index (κ2) is 9.45. The predicted molar refractivity (Wildman–Crippen MR) is 121 cm³/mol. The number of carbonyl (C=O) groups excluding carboxylic acids is 2. The third kappa shape index (κ3) is 4.91. The molecule has 0 unspecified atom stereocenters. The summed E-state index contributed by atoms with van der Waals surface area (Å²) in [5.41, 5.74) is 1.65. The van der Waals surface area contributed by atoms with Crippen LogP contribution in [-0.4, -0.2) is 47.8 Å². The molecule has 1 aliphatic heterocycles. The van der Waals surface area contributed by atoms with Gasteiger partial charge in [0.05, 0.1) is 4.88 Å². The normalized spacial score (nSPS) is 13.9. The van der Waals surface area contributed by atoms with Gasteiger partial charge in [0.25, 0.3) is 11.8 Å². The Balaban J connectivity index is 1.29. The van der Waals surface area contributed by atoms with Crippen molar-refractivity contribution < 1.29 is 14.3 Å². The molecule has 30 heavy (non-hydrogen) atoms. The van der Waals surface area contributed by atoms with Gasteiger partial charge in [-0.25, -0.2) is 0 Å². The summed E-state index contributed by atoms with van der Waals surface area (Å²) >= 11 is 4.85. The molecule has 154 valence electrons. The summed E-state index contributed by atoms with van der Waals surface area (Å²) in [7, 11) is 0. The first kappa shape index (κ1) is 20.6. The van der Waals surface area contributed by atoms with Crippen molar-refractivity contribution in [2.45, 2.75) is 6.61 Å². The Labute approximate surface area is 188 Å². The zero-order valence-corrected chi connectivity index (χ0v) is 18.7. The lowest BCUT2D eigenvalue weighted by Crippen LogP contribution is -2.50. The van der Waals surface area contributed by atoms with Gasteiger partial charge < -0.3 is 14.5 Å². The number of benzene rings is 2. The fourth-order valence-electron chi connectivity index (χ4n) is 3.29. The fraction of sp³-hybridized carbons (Fsp3) is 0.217.